The lowest BCUT2D eigenvalue weighted by atomic mass is 9.62. The van der Waals surface area contributed by atoms with E-state index < -0.39 is 11.7 Å². The van der Waals surface area contributed by atoms with Gasteiger partial charge in [-0.2, -0.15) is 13.2 Å². The van der Waals surface area contributed by atoms with Crippen LogP contribution < -0.4 is 19.7 Å². The summed E-state index contributed by atoms with van der Waals surface area (Å²) >= 11 is 0. The zero-order valence-corrected chi connectivity index (χ0v) is 25.7. The molecule has 1 N–H and O–H groups in total. The van der Waals surface area contributed by atoms with Crippen molar-refractivity contribution in [3.63, 3.8) is 0 Å². The van der Waals surface area contributed by atoms with Gasteiger partial charge >= 0.3 is 6.18 Å². The Kier molecular flexibility index (Phi) is 8.70. The molecule has 6 heterocycles. The largest absolute Gasteiger partial charge is 0.496 e. The van der Waals surface area contributed by atoms with Gasteiger partial charge < -0.3 is 19.7 Å². The number of hydrogen-bond acceptors (Lipinski definition) is 8. The maximum absolute atomic E-state index is 14.3. The van der Waals surface area contributed by atoms with Crippen LogP contribution in [0.4, 0.5) is 19.0 Å². The van der Waals surface area contributed by atoms with Crippen LogP contribution in [0, 0.1) is 5.92 Å². The summed E-state index contributed by atoms with van der Waals surface area (Å²) in [5, 5.41) is 3.64. The zero-order chi connectivity index (χ0) is 30.9. The highest BCUT2D eigenvalue weighted by molar-refractivity contribution is 5.66. The number of fused-ring (bicyclic) bond motifs is 2. The summed E-state index contributed by atoms with van der Waals surface area (Å²) in [4.78, 5) is 18.3. The fourth-order valence-corrected chi connectivity index (χ4v) is 7.62. The van der Waals surface area contributed by atoms with E-state index in [4.69, 9.17) is 14.5 Å². The molecule has 0 amide bonds. The first-order valence-electron chi connectivity index (χ1n) is 15.7. The second kappa shape index (κ2) is 12.5. The highest BCUT2D eigenvalue weighted by Gasteiger charge is 2.50. The Morgan fingerprint density at radius 2 is 1.98 bits per heavy atom. The molecule has 0 aromatic carbocycles. The summed E-state index contributed by atoms with van der Waals surface area (Å²) in [6, 6.07) is 9.84. The lowest BCUT2D eigenvalue weighted by molar-refractivity contribution is -0.138. The first kappa shape index (κ1) is 30.6. The second-order valence-corrected chi connectivity index (χ2v) is 12.1. The van der Waals surface area contributed by atoms with Crippen LogP contribution in [0.15, 0.2) is 42.7 Å². The number of piperidine rings is 1. The molecule has 0 aliphatic carbocycles. The van der Waals surface area contributed by atoms with E-state index in [0.717, 1.165) is 56.0 Å². The van der Waals surface area contributed by atoms with Gasteiger partial charge in [0, 0.05) is 56.6 Å². The van der Waals surface area contributed by atoms with E-state index in [0.29, 0.717) is 38.0 Å². The van der Waals surface area contributed by atoms with Crippen LogP contribution in [0.25, 0.3) is 11.3 Å². The zero-order valence-electron chi connectivity index (χ0n) is 25.7. The molecule has 3 aromatic heterocycles. The first-order valence-corrected chi connectivity index (χ1v) is 15.7. The average molecular weight is 611 g/mol. The molecule has 0 bridgehead atoms. The van der Waals surface area contributed by atoms with Gasteiger partial charge in [0.2, 0.25) is 5.88 Å². The van der Waals surface area contributed by atoms with Crippen molar-refractivity contribution in [2.75, 3.05) is 51.3 Å². The van der Waals surface area contributed by atoms with Crippen molar-refractivity contribution < 1.29 is 22.6 Å². The molecule has 8 nitrogen and oxygen atoms in total. The molecule has 6 rings (SSSR count). The van der Waals surface area contributed by atoms with Gasteiger partial charge in [0.05, 0.1) is 30.7 Å². The maximum Gasteiger partial charge on any atom is 0.423 e. The summed E-state index contributed by atoms with van der Waals surface area (Å²) in [7, 11) is 1.27. The predicted octanol–water partition coefficient (Wildman–Crippen LogP) is 5.71. The van der Waals surface area contributed by atoms with Crippen molar-refractivity contribution in [3.8, 4) is 22.9 Å². The normalized spacial score (nSPS) is 24.0. The van der Waals surface area contributed by atoms with Gasteiger partial charge in [-0.15, -0.1) is 0 Å². The molecule has 2 fully saturated rings. The Balaban J connectivity index is 1.39. The number of hydrogen-bond donors (Lipinski definition) is 1. The van der Waals surface area contributed by atoms with Crippen LogP contribution in [-0.2, 0) is 18.1 Å². The van der Waals surface area contributed by atoms with Gasteiger partial charge in [0.15, 0.2) is 0 Å². The Bertz CT molecular complexity index is 1460. The van der Waals surface area contributed by atoms with E-state index in [2.05, 4.69) is 39.2 Å². The SMILES string of the molecule is CCOc1ncccc1-c1ccc2c(n1)CN(C[C@H]1CCCN1)C[C@]21CCN(c2nccc(OC)c2C(F)(F)F)C[C@H]1CC. The molecule has 3 aliphatic rings. The van der Waals surface area contributed by atoms with Crippen molar-refractivity contribution >= 4 is 5.82 Å². The standard InChI is InChI=1S/C33H41F3N6O2/c1-4-22-18-42(30-29(33(34,35)36)28(43-3)12-16-38-30)17-13-32(22)21-41(19-23-8-6-14-37-23)20-27-25(32)10-11-26(40-27)24-9-7-15-39-31(24)44-5-2/h7,9-12,15-16,22-23,37H,4-6,8,13-14,17-21H2,1-3H3/t22-,23-,32+/m1/s1. The van der Waals surface area contributed by atoms with E-state index >= 15 is 0 Å². The first-order chi connectivity index (χ1) is 21.3. The van der Waals surface area contributed by atoms with Crippen LogP contribution in [-0.4, -0.2) is 72.3 Å². The predicted molar refractivity (Wildman–Crippen MR) is 163 cm³/mol. The highest BCUT2D eigenvalue weighted by Crippen LogP contribution is 2.49. The average Bonchev–Trinajstić information content (AvgIpc) is 3.53. The van der Waals surface area contributed by atoms with Crippen LogP contribution in [0.5, 0.6) is 11.6 Å². The quantitative estimate of drug-likeness (QED) is 0.348. The summed E-state index contributed by atoms with van der Waals surface area (Å²) in [6.07, 6.45) is 2.37. The molecule has 0 saturated carbocycles. The van der Waals surface area contributed by atoms with E-state index in [-0.39, 0.29) is 22.9 Å². The van der Waals surface area contributed by atoms with E-state index in [9.17, 15) is 13.2 Å². The highest BCUT2D eigenvalue weighted by atomic mass is 19.4. The summed E-state index contributed by atoms with van der Waals surface area (Å²) in [6.45, 7) is 9.03. The molecule has 0 radical (unpaired) electrons. The molecule has 0 unspecified atom stereocenters. The number of nitrogens with one attached hydrogen (secondary N) is 1. The molecule has 3 atom stereocenters. The van der Waals surface area contributed by atoms with Crippen molar-refractivity contribution in [1.82, 2.24) is 25.2 Å². The number of methoxy groups -OCH3 is 1. The third-order valence-electron chi connectivity index (χ3n) is 9.60. The van der Waals surface area contributed by atoms with Gasteiger partial charge in [-0.1, -0.05) is 19.4 Å². The number of alkyl halides is 3. The van der Waals surface area contributed by atoms with Gasteiger partial charge in [0.25, 0.3) is 0 Å². The van der Waals surface area contributed by atoms with Crippen molar-refractivity contribution in [2.45, 2.75) is 63.7 Å². The fourth-order valence-electron chi connectivity index (χ4n) is 7.62. The number of ether oxygens (including phenoxy) is 2. The molecule has 1 spiro atoms. The Hall–Kier alpha value is -3.44. The van der Waals surface area contributed by atoms with Crippen molar-refractivity contribution in [3.05, 3.63) is 59.5 Å². The van der Waals surface area contributed by atoms with E-state index in [1.807, 2.05) is 24.0 Å². The lowest BCUT2D eigenvalue weighted by Crippen LogP contribution is -2.58. The molecule has 44 heavy (non-hydrogen) atoms. The maximum atomic E-state index is 14.3. The van der Waals surface area contributed by atoms with Crippen molar-refractivity contribution in [1.29, 1.82) is 0 Å². The fraction of sp³-hybridized carbons (Fsp3) is 0.545. The minimum absolute atomic E-state index is 0.0540. The second-order valence-electron chi connectivity index (χ2n) is 12.1. The topological polar surface area (TPSA) is 75.6 Å². The number of aromatic nitrogens is 3. The van der Waals surface area contributed by atoms with Crippen LogP contribution >= 0.6 is 0 Å². The number of pyridine rings is 3. The van der Waals surface area contributed by atoms with Crippen molar-refractivity contribution in [2.24, 2.45) is 5.92 Å². The summed E-state index contributed by atoms with van der Waals surface area (Å²) in [5.74, 6) is 0.397. The third kappa shape index (κ3) is 5.72. The van der Waals surface area contributed by atoms with E-state index in [1.165, 1.54) is 31.4 Å². The minimum atomic E-state index is -4.58. The minimum Gasteiger partial charge on any atom is -0.496 e. The monoisotopic (exact) mass is 610 g/mol. The summed E-state index contributed by atoms with van der Waals surface area (Å²) < 4.78 is 53.8. The van der Waals surface area contributed by atoms with Gasteiger partial charge in [-0.25, -0.2) is 9.97 Å². The molecule has 11 heteroatoms. The molecular weight excluding hydrogens is 569 g/mol. The van der Waals surface area contributed by atoms with Crippen LogP contribution in [0.2, 0.25) is 0 Å². The number of rotatable bonds is 8. The number of halogens is 3. The Morgan fingerprint density at radius 1 is 1.11 bits per heavy atom. The molecule has 3 aromatic rings. The number of anilines is 1. The lowest BCUT2D eigenvalue weighted by Gasteiger charge is -2.53. The molecule has 236 valence electrons. The Morgan fingerprint density at radius 3 is 2.70 bits per heavy atom. The van der Waals surface area contributed by atoms with Gasteiger partial charge in [0.1, 0.15) is 17.1 Å². The van der Waals surface area contributed by atoms with E-state index in [1.54, 1.807) is 6.20 Å². The number of nitrogens with zero attached hydrogens (tertiary/aromatic N) is 5. The third-order valence-corrected chi connectivity index (χ3v) is 9.60. The molecule has 3 aliphatic heterocycles. The van der Waals surface area contributed by atoms with Gasteiger partial charge in [-0.05, 0) is 68.5 Å². The van der Waals surface area contributed by atoms with Crippen LogP contribution in [0.3, 0.4) is 0 Å². The molecular formula is C33H41F3N6O2. The molecule has 2 saturated heterocycles. The Labute approximate surface area is 257 Å². The van der Waals surface area contributed by atoms with Gasteiger partial charge in [-0.3, -0.25) is 9.88 Å². The smallest absolute Gasteiger partial charge is 0.423 e. The van der Waals surface area contributed by atoms with Crippen LogP contribution in [0.1, 0.15) is 56.4 Å². The summed E-state index contributed by atoms with van der Waals surface area (Å²) in [5.41, 5.74) is 2.85.